The summed E-state index contributed by atoms with van der Waals surface area (Å²) in [6.45, 7) is 4.42. The van der Waals surface area contributed by atoms with Crippen LogP contribution in [0.15, 0.2) is 30.3 Å². The maximum absolute atomic E-state index is 12.5. The number of rotatable bonds is 7. The van der Waals surface area contributed by atoms with Crippen LogP contribution in [0, 0.1) is 0 Å². The molecule has 2 rings (SSSR count). The fourth-order valence-electron chi connectivity index (χ4n) is 3.15. The molecule has 1 aliphatic heterocycles. The van der Waals surface area contributed by atoms with Crippen molar-refractivity contribution in [3.05, 3.63) is 35.9 Å². The lowest BCUT2D eigenvalue weighted by Crippen LogP contribution is -2.50. The minimum Gasteiger partial charge on any atom is -0.480 e. The lowest BCUT2D eigenvalue weighted by atomic mass is 10.1. The summed E-state index contributed by atoms with van der Waals surface area (Å²) >= 11 is 0. The summed E-state index contributed by atoms with van der Waals surface area (Å²) in [6, 6.07) is 9.43. The van der Waals surface area contributed by atoms with Crippen LogP contribution in [0.3, 0.4) is 0 Å². The molecule has 0 radical (unpaired) electrons. The van der Waals surface area contributed by atoms with Gasteiger partial charge in [-0.15, -0.1) is 0 Å². The van der Waals surface area contributed by atoms with Gasteiger partial charge in [-0.05, 0) is 45.1 Å². The molecule has 0 aromatic heterocycles. The SMILES string of the molecule is CC(CCc1ccccc1)NC(C)C(=O)N1CCCC1C(=O)O. The lowest BCUT2D eigenvalue weighted by molar-refractivity contribution is -0.148. The second-order valence-electron chi connectivity index (χ2n) is 6.34. The Balaban J connectivity index is 1.82. The van der Waals surface area contributed by atoms with E-state index in [1.807, 2.05) is 25.1 Å². The van der Waals surface area contributed by atoms with E-state index in [1.54, 1.807) is 0 Å². The van der Waals surface area contributed by atoms with Crippen LogP contribution in [0.5, 0.6) is 0 Å². The molecule has 23 heavy (non-hydrogen) atoms. The maximum Gasteiger partial charge on any atom is 0.326 e. The molecule has 1 aromatic rings. The van der Waals surface area contributed by atoms with Crippen molar-refractivity contribution in [2.75, 3.05) is 6.54 Å². The largest absolute Gasteiger partial charge is 0.480 e. The Bertz CT molecular complexity index is 532. The first-order valence-electron chi connectivity index (χ1n) is 8.32. The molecule has 0 spiro atoms. The summed E-state index contributed by atoms with van der Waals surface area (Å²) in [5, 5.41) is 12.5. The van der Waals surface area contributed by atoms with E-state index in [-0.39, 0.29) is 18.0 Å². The smallest absolute Gasteiger partial charge is 0.326 e. The molecule has 1 aromatic carbocycles. The highest BCUT2D eigenvalue weighted by atomic mass is 16.4. The summed E-state index contributed by atoms with van der Waals surface area (Å²) in [5.41, 5.74) is 1.28. The van der Waals surface area contributed by atoms with Crippen molar-refractivity contribution in [3.63, 3.8) is 0 Å². The third-order valence-electron chi connectivity index (χ3n) is 4.43. The number of hydrogen-bond donors (Lipinski definition) is 2. The Morgan fingerprint density at radius 1 is 1.30 bits per heavy atom. The van der Waals surface area contributed by atoms with E-state index in [9.17, 15) is 14.7 Å². The molecule has 5 nitrogen and oxygen atoms in total. The molecule has 1 fully saturated rings. The van der Waals surface area contributed by atoms with E-state index in [1.165, 1.54) is 10.5 Å². The highest BCUT2D eigenvalue weighted by Crippen LogP contribution is 2.18. The van der Waals surface area contributed by atoms with Crippen LogP contribution >= 0.6 is 0 Å². The highest BCUT2D eigenvalue weighted by molar-refractivity contribution is 5.87. The van der Waals surface area contributed by atoms with E-state index < -0.39 is 12.0 Å². The summed E-state index contributed by atoms with van der Waals surface area (Å²) in [7, 11) is 0. The predicted molar refractivity (Wildman–Crippen MR) is 89.2 cm³/mol. The van der Waals surface area contributed by atoms with Gasteiger partial charge in [0, 0.05) is 12.6 Å². The molecule has 0 saturated carbocycles. The number of benzene rings is 1. The quantitative estimate of drug-likeness (QED) is 0.807. The third-order valence-corrected chi connectivity index (χ3v) is 4.43. The first kappa shape index (κ1) is 17.5. The third kappa shape index (κ3) is 4.79. The van der Waals surface area contributed by atoms with Crippen molar-refractivity contribution in [1.82, 2.24) is 10.2 Å². The van der Waals surface area contributed by atoms with Crippen molar-refractivity contribution in [2.24, 2.45) is 0 Å². The highest BCUT2D eigenvalue weighted by Gasteiger charge is 2.35. The van der Waals surface area contributed by atoms with Gasteiger partial charge >= 0.3 is 5.97 Å². The van der Waals surface area contributed by atoms with Crippen LogP contribution in [0.25, 0.3) is 0 Å². The first-order chi connectivity index (χ1) is 11.0. The predicted octanol–water partition coefficient (Wildman–Crippen LogP) is 2.06. The monoisotopic (exact) mass is 318 g/mol. The van der Waals surface area contributed by atoms with Crippen LogP contribution in [0.4, 0.5) is 0 Å². The van der Waals surface area contributed by atoms with Crippen molar-refractivity contribution < 1.29 is 14.7 Å². The number of likely N-dealkylation sites (tertiary alicyclic amines) is 1. The number of aryl methyl sites for hydroxylation is 1. The van der Waals surface area contributed by atoms with E-state index >= 15 is 0 Å². The van der Waals surface area contributed by atoms with Crippen molar-refractivity contribution in [1.29, 1.82) is 0 Å². The summed E-state index contributed by atoms with van der Waals surface area (Å²) in [4.78, 5) is 25.2. The second-order valence-corrected chi connectivity index (χ2v) is 6.34. The van der Waals surface area contributed by atoms with Crippen LogP contribution in [0.2, 0.25) is 0 Å². The van der Waals surface area contributed by atoms with Gasteiger partial charge in [0.25, 0.3) is 0 Å². The topological polar surface area (TPSA) is 69.6 Å². The molecule has 0 aliphatic carbocycles. The fourth-order valence-corrected chi connectivity index (χ4v) is 3.15. The number of amides is 1. The molecule has 0 bridgehead atoms. The van der Waals surface area contributed by atoms with Crippen molar-refractivity contribution >= 4 is 11.9 Å². The van der Waals surface area contributed by atoms with Gasteiger partial charge in [-0.3, -0.25) is 4.79 Å². The zero-order valence-corrected chi connectivity index (χ0v) is 13.9. The van der Waals surface area contributed by atoms with E-state index in [0.717, 1.165) is 19.3 Å². The van der Waals surface area contributed by atoms with Crippen LogP contribution in [0.1, 0.15) is 38.7 Å². The lowest BCUT2D eigenvalue weighted by Gasteiger charge is -2.27. The zero-order valence-electron chi connectivity index (χ0n) is 13.9. The molecule has 1 saturated heterocycles. The Hall–Kier alpha value is -1.88. The molecular formula is C18H26N2O3. The summed E-state index contributed by atoms with van der Waals surface area (Å²) in [5.74, 6) is -1.01. The van der Waals surface area contributed by atoms with Gasteiger partial charge in [0.2, 0.25) is 5.91 Å². The number of nitrogens with one attached hydrogen (secondary N) is 1. The Morgan fingerprint density at radius 3 is 2.65 bits per heavy atom. The van der Waals surface area contributed by atoms with Crippen LogP contribution in [-0.2, 0) is 16.0 Å². The number of nitrogens with zero attached hydrogens (tertiary/aromatic N) is 1. The summed E-state index contributed by atoms with van der Waals surface area (Å²) in [6.07, 6.45) is 3.21. The Labute approximate surface area is 137 Å². The van der Waals surface area contributed by atoms with Gasteiger partial charge in [0.1, 0.15) is 6.04 Å². The molecule has 3 unspecified atom stereocenters. The zero-order chi connectivity index (χ0) is 16.8. The molecule has 3 atom stereocenters. The van der Waals surface area contributed by atoms with Crippen LogP contribution < -0.4 is 5.32 Å². The normalized spacial score (nSPS) is 20.3. The number of carboxylic acid groups (broad SMARTS) is 1. The molecule has 2 N–H and O–H groups in total. The molecule has 1 heterocycles. The fraction of sp³-hybridized carbons (Fsp3) is 0.556. The number of aliphatic carboxylic acids is 1. The Morgan fingerprint density at radius 2 is 2.00 bits per heavy atom. The van der Waals surface area contributed by atoms with Crippen molar-refractivity contribution in [3.8, 4) is 0 Å². The second kappa shape index (κ2) is 8.11. The standard InChI is InChI=1S/C18H26N2O3/c1-13(10-11-15-7-4-3-5-8-15)19-14(2)17(21)20-12-6-9-16(20)18(22)23/h3-5,7-8,13-14,16,19H,6,9-12H2,1-2H3,(H,22,23). The van der Waals surface area contributed by atoms with Gasteiger partial charge in [-0.25, -0.2) is 4.79 Å². The van der Waals surface area contributed by atoms with E-state index in [0.29, 0.717) is 13.0 Å². The number of carbonyl (C=O) groups excluding carboxylic acids is 1. The van der Waals surface area contributed by atoms with Gasteiger partial charge in [0.15, 0.2) is 0 Å². The van der Waals surface area contributed by atoms with E-state index in [2.05, 4.69) is 24.4 Å². The van der Waals surface area contributed by atoms with Crippen LogP contribution in [-0.4, -0.2) is 46.6 Å². The van der Waals surface area contributed by atoms with Gasteiger partial charge < -0.3 is 15.3 Å². The number of carbonyl (C=O) groups is 2. The minimum atomic E-state index is -0.903. The van der Waals surface area contributed by atoms with Gasteiger partial charge in [-0.2, -0.15) is 0 Å². The van der Waals surface area contributed by atoms with E-state index in [4.69, 9.17) is 0 Å². The summed E-state index contributed by atoms with van der Waals surface area (Å²) < 4.78 is 0. The minimum absolute atomic E-state index is 0.110. The number of carboxylic acids is 1. The molecule has 5 heteroatoms. The Kier molecular flexibility index (Phi) is 6.16. The average Bonchev–Trinajstić information content (AvgIpc) is 3.03. The molecule has 1 aliphatic rings. The average molecular weight is 318 g/mol. The van der Waals surface area contributed by atoms with Gasteiger partial charge in [0.05, 0.1) is 6.04 Å². The molecule has 126 valence electrons. The molecule has 1 amide bonds. The first-order valence-corrected chi connectivity index (χ1v) is 8.32. The molecular weight excluding hydrogens is 292 g/mol. The number of hydrogen-bond acceptors (Lipinski definition) is 3. The van der Waals surface area contributed by atoms with Gasteiger partial charge in [-0.1, -0.05) is 30.3 Å². The maximum atomic E-state index is 12.5. The van der Waals surface area contributed by atoms with Crippen molar-refractivity contribution in [2.45, 2.75) is 57.7 Å².